The van der Waals surface area contributed by atoms with E-state index in [-0.39, 0.29) is 17.3 Å². The molecule has 0 atom stereocenters. The van der Waals surface area contributed by atoms with Gasteiger partial charge in [-0.2, -0.15) is 0 Å². The van der Waals surface area contributed by atoms with Crippen molar-refractivity contribution in [2.45, 2.75) is 13.0 Å². The molecule has 25 heavy (non-hydrogen) atoms. The summed E-state index contributed by atoms with van der Waals surface area (Å²) in [6, 6.07) is 4.42. The van der Waals surface area contributed by atoms with Gasteiger partial charge in [-0.1, -0.05) is 23.2 Å². The number of halogens is 2. The summed E-state index contributed by atoms with van der Waals surface area (Å²) in [5.74, 6) is -0.415. The standard InChI is InChI=1S/C15H18Cl2N4O3S/c1-25(23,24)21(14-4-3-12(16)9-13(14)17)10-15(22)19-5-2-7-20-8-6-18-11-20/h3-4,6,8-9,11H,2,5,7,10H2,1H3,(H,19,22). The van der Waals surface area contributed by atoms with E-state index in [1.165, 1.54) is 18.2 Å². The van der Waals surface area contributed by atoms with E-state index in [9.17, 15) is 13.2 Å². The number of carbonyl (C=O) groups is 1. The molecule has 0 unspecified atom stereocenters. The maximum absolute atomic E-state index is 12.1. The Morgan fingerprint density at radius 3 is 2.72 bits per heavy atom. The van der Waals surface area contributed by atoms with Crippen molar-refractivity contribution in [3.05, 3.63) is 47.0 Å². The molecule has 1 N–H and O–H groups in total. The number of sulfonamides is 1. The third-order valence-electron chi connectivity index (χ3n) is 3.34. The van der Waals surface area contributed by atoms with Gasteiger partial charge in [0.2, 0.25) is 15.9 Å². The second kappa shape index (κ2) is 8.55. The lowest BCUT2D eigenvalue weighted by molar-refractivity contribution is -0.119. The van der Waals surface area contributed by atoms with Crippen molar-refractivity contribution in [2.75, 3.05) is 23.7 Å². The Morgan fingerprint density at radius 2 is 2.12 bits per heavy atom. The van der Waals surface area contributed by atoms with Gasteiger partial charge in [0.15, 0.2) is 0 Å². The van der Waals surface area contributed by atoms with Crippen LogP contribution in [0.25, 0.3) is 0 Å². The number of imidazole rings is 1. The molecule has 0 spiro atoms. The quantitative estimate of drug-likeness (QED) is 0.683. The number of nitrogens with one attached hydrogen (secondary N) is 1. The Morgan fingerprint density at radius 1 is 1.36 bits per heavy atom. The molecule has 0 aliphatic rings. The average molecular weight is 405 g/mol. The Balaban J connectivity index is 1.96. The SMILES string of the molecule is CS(=O)(=O)N(CC(=O)NCCCn1ccnc1)c1ccc(Cl)cc1Cl. The molecule has 136 valence electrons. The van der Waals surface area contributed by atoms with Crippen LogP contribution < -0.4 is 9.62 Å². The van der Waals surface area contributed by atoms with Crippen LogP contribution in [0.1, 0.15) is 6.42 Å². The predicted octanol–water partition coefficient (Wildman–Crippen LogP) is 2.16. The van der Waals surface area contributed by atoms with E-state index >= 15 is 0 Å². The van der Waals surface area contributed by atoms with Crippen molar-refractivity contribution in [2.24, 2.45) is 0 Å². The van der Waals surface area contributed by atoms with Gasteiger partial charge in [-0.05, 0) is 24.6 Å². The maximum Gasteiger partial charge on any atom is 0.240 e. The van der Waals surface area contributed by atoms with Gasteiger partial charge >= 0.3 is 0 Å². The highest BCUT2D eigenvalue weighted by molar-refractivity contribution is 7.92. The Hall–Kier alpha value is -1.77. The first-order valence-corrected chi connectivity index (χ1v) is 10.0. The second-order valence-electron chi connectivity index (χ2n) is 5.37. The number of rotatable bonds is 8. The van der Waals surface area contributed by atoms with Crippen molar-refractivity contribution in [1.82, 2.24) is 14.9 Å². The van der Waals surface area contributed by atoms with Crippen molar-refractivity contribution in [1.29, 1.82) is 0 Å². The summed E-state index contributed by atoms with van der Waals surface area (Å²) in [5.41, 5.74) is 0.210. The average Bonchev–Trinajstić information content (AvgIpc) is 3.02. The van der Waals surface area contributed by atoms with Crippen molar-refractivity contribution < 1.29 is 13.2 Å². The highest BCUT2D eigenvalue weighted by atomic mass is 35.5. The van der Waals surface area contributed by atoms with Crippen LogP contribution in [0.5, 0.6) is 0 Å². The number of hydrogen-bond donors (Lipinski definition) is 1. The third-order valence-corrected chi connectivity index (χ3v) is 5.00. The number of aromatic nitrogens is 2. The number of nitrogens with zero attached hydrogens (tertiary/aromatic N) is 3. The molecule has 2 rings (SSSR count). The normalized spacial score (nSPS) is 11.3. The summed E-state index contributed by atoms with van der Waals surface area (Å²) in [7, 11) is -3.68. The lowest BCUT2D eigenvalue weighted by Gasteiger charge is -2.23. The van der Waals surface area contributed by atoms with Crippen LogP contribution in [-0.4, -0.2) is 43.2 Å². The number of hydrogen-bond acceptors (Lipinski definition) is 4. The zero-order valence-corrected chi connectivity index (χ0v) is 15.9. The first kappa shape index (κ1) is 19.6. The highest BCUT2D eigenvalue weighted by Crippen LogP contribution is 2.30. The Bertz CT molecular complexity index is 825. The monoisotopic (exact) mass is 404 g/mol. The number of benzene rings is 1. The molecule has 0 saturated heterocycles. The van der Waals surface area contributed by atoms with Gasteiger partial charge in [0.25, 0.3) is 0 Å². The summed E-state index contributed by atoms with van der Waals surface area (Å²) in [6.07, 6.45) is 6.91. The molecule has 1 amide bonds. The lowest BCUT2D eigenvalue weighted by Crippen LogP contribution is -2.40. The van der Waals surface area contributed by atoms with Gasteiger partial charge in [0.1, 0.15) is 6.54 Å². The fraction of sp³-hybridized carbons (Fsp3) is 0.333. The molecule has 1 aromatic carbocycles. The van der Waals surface area contributed by atoms with Gasteiger partial charge in [-0.25, -0.2) is 13.4 Å². The van der Waals surface area contributed by atoms with Gasteiger partial charge in [-0.3, -0.25) is 9.10 Å². The lowest BCUT2D eigenvalue weighted by atomic mass is 10.3. The maximum atomic E-state index is 12.1. The van der Waals surface area contributed by atoms with Crippen LogP contribution in [0.3, 0.4) is 0 Å². The fourth-order valence-corrected chi connectivity index (χ4v) is 3.59. The van der Waals surface area contributed by atoms with Crippen LogP contribution in [0.2, 0.25) is 10.0 Å². The van der Waals surface area contributed by atoms with E-state index in [1.807, 2.05) is 10.8 Å². The fourth-order valence-electron chi connectivity index (χ4n) is 2.16. The van der Waals surface area contributed by atoms with E-state index in [4.69, 9.17) is 23.2 Å². The van der Waals surface area contributed by atoms with Crippen LogP contribution >= 0.6 is 23.2 Å². The number of carbonyl (C=O) groups excluding carboxylic acids is 1. The zero-order valence-electron chi connectivity index (χ0n) is 13.5. The zero-order chi connectivity index (χ0) is 18.4. The molecule has 0 aliphatic carbocycles. The van der Waals surface area contributed by atoms with E-state index in [1.54, 1.807) is 12.5 Å². The molecule has 0 bridgehead atoms. The first-order valence-electron chi connectivity index (χ1n) is 7.42. The molecule has 1 heterocycles. The molecule has 0 aliphatic heterocycles. The third kappa shape index (κ3) is 5.91. The van der Waals surface area contributed by atoms with Gasteiger partial charge in [0.05, 0.1) is 23.3 Å². The van der Waals surface area contributed by atoms with Crippen molar-refractivity contribution >= 4 is 44.8 Å². The van der Waals surface area contributed by atoms with Gasteiger partial charge < -0.3 is 9.88 Å². The van der Waals surface area contributed by atoms with Gasteiger partial charge in [-0.15, -0.1) is 0 Å². The highest BCUT2D eigenvalue weighted by Gasteiger charge is 2.22. The molecule has 0 radical (unpaired) electrons. The largest absolute Gasteiger partial charge is 0.354 e. The summed E-state index contributed by atoms with van der Waals surface area (Å²) in [4.78, 5) is 16.0. The first-order chi connectivity index (χ1) is 11.8. The number of amides is 1. The van der Waals surface area contributed by atoms with Crippen LogP contribution in [0, 0.1) is 0 Å². The van der Waals surface area contributed by atoms with Gasteiger partial charge in [0, 0.05) is 30.5 Å². The van der Waals surface area contributed by atoms with Crippen molar-refractivity contribution in [3.63, 3.8) is 0 Å². The molecule has 0 saturated carbocycles. The summed E-state index contributed by atoms with van der Waals surface area (Å²) < 4.78 is 26.9. The van der Waals surface area contributed by atoms with Crippen molar-refractivity contribution in [3.8, 4) is 0 Å². The molecule has 10 heteroatoms. The Kier molecular flexibility index (Phi) is 6.69. The topological polar surface area (TPSA) is 84.3 Å². The van der Waals surface area contributed by atoms with Crippen LogP contribution in [0.4, 0.5) is 5.69 Å². The molecule has 2 aromatic rings. The molecular formula is C15H18Cl2N4O3S. The molecular weight excluding hydrogens is 387 g/mol. The minimum Gasteiger partial charge on any atom is -0.354 e. The summed E-state index contributed by atoms with van der Waals surface area (Å²) in [5, 5.41) is 3.24. The minimum atomic E-state index is -3.68. The predicted molar refractivity (Wildman–Crippen MR) is 98.5 cm³/mol. The van der Waals surface area contributed by atoms with E-state index < -0.39 is 15.9 Å². The minimum absolute atomic E-state index is 0.158. The molecule has 1 aromatic heterocycles. The molecule has 0 fully saturated rings. The van der Waals surface area contributed by atoms with Crippen LogP contribution in [0.15, 0.2) is 36.9 Å². The van der Waals surface area contributed by atoms with E-state index in [0.29, 0.717) is 24.5 Å². The second-order valence-corrected chi connectivity index (χ2v) is 8.12. The summed E-state index contributed by atoms with van der Waals surface area (Å²) in [6.45, 7) is 0.771. The Labute approximate surface area is 156 Å². The number of anilines is 1. The molecule has 7 nitrogen and oxygen atoms in total. The van der Waals surface area contributed by atoms with E-state index in [0.717, 1.165) is 10.6 Å². The smallest absolute Gasteiger partial charge is 0.240 e. The summed E-state index contributed by atoms with van der Waals surface area (Å²) >= 11 is 11.9. The van der Waals surface area contributed by atoms with Crippen LogP contribution in [-0.2, 0) is 21.4 Å². The number of aryl methyl sites for hydroxylation is 1. The van der Waals surface area contributed by atoms with E-state index in [2.05, 4.69) is 10.3 Å².